The normalized spacial score (nSPS) is 13.3. The number of aryl methyl sites for hydroxylation is 2. The van der Waals surface area contributed by atoms with Crippen molar-refractivity contribution >= 4 is 15.9 Å². The molecule has 0 aliphatic heterocycles. The monoisotopic (exact) mass is 312 g/mol. The van der Waals surface area contributed by atoms with Crippen molar-refractivity contribution < 1.29 is 13.2 Å². The van der Waals surface area contributed by atoms with E-state index in [4.69, 9.17) is 5.14 Å². The Hall–Kier alpha value is -1.40. The summed E-state index contributed by atoms with van der Waals surface area (Å²) in [4.78, 5) is 12.4. The smallest absolute Gasteiger partial charge is 0.251 e. The Morgan fingerprint density at radius 2 is 1.81 bits per heavy atom. The molecule has 0 radical (unpaired) electrons. The van der Waals surface area contributed by atoms with Crippen LogP contribution in [0.5, 0.6) is 0 Å². The van der Waals surface area contributed by atoms with Gasteiger partial charge in [0.15, 0.2) is 0 Å². The van der Waals surface area contributed by atoms with Crippen LogP contribution in [0.15, 0.2) is 17.0 Å². The van der Waals surface area contributed by atoms with Crippen LogP contribution < -0.4 is 10.5 Å². The molecule has 5 nitrogen and oxygen atoms in total. The van der Waals surface area contributed by atoms with Gasteiger partial charge in [-0.1, -0.05) is 26.8 Å². The Balaban J connectivity index is 3.22. The van der Waals surface area contributed by atoms with Crippen molar-refractivity contribution in [3.63, 3.8) is 0 Å². The second-order valence-electron chi connectivity index (χ2n) is 5.71. The number of sulfonamides is 1. The van der Waals surface area contributed by atoms with Crippen molar-refractivity contribution in [2.45, 2.75) is 52.0 Å². The summed E-state index contributed by atoms with van der Waals surface area (Å²) in [5.41, 5.74) is 1.63. The standard InChI is InChI=1S/C15H24N2O3S/c1-6-13(9(2)3)17-15(18)12-8-14(21(16,19)20)11(5)7-10(12)4/h7-9,13H,6H2,1-5H3,(H,17,18)(H2,16,19,20). The predicted octanol–water partition coefficient (Wildman–Crippen LogP) is 2.12. The number of primary sulfonamides is 1. The van der Waals surface area contributed by atoms with Gasteiger partial charge in [-0.2, -0.15) is 0 Å². The molecule has 3 N–H and O–H groups in total. The van der Waals surface area contributed by atoms with Crippen LogP contribution in [0.25, 0.3) is 0 Å². The number of carbonyl (C=O) groups excluding carboxylic acids is 1. The van der Waals surface area contributed by atoms with Crippen LogP contribution in [0.4, 0.5) is 0 Å². The van der Waals surface area contributed by atoms with E-state index in [9.17, 15) is 13.2 Å². The van der Waals surface area contributed by atoms with Crippen LogP contribution in [-0.4, -0.2) is 20.4 Å². The van der Waals surface area contributed by atoms with Gasteiger partial charge in [-0.15, -0.1) is 0 Å². The maximum absolute atomic E-state index is 12.4. The Kier molecular flexibility index (Phi) is 5.53. The van der Waals surface area contributed by atoms with Crippen LogP contribution in [0.1, 0.15) is 48.7 Å². The van der Waals surface area contributed by atoms with Crippen molar-refractivity contribution in [2.24, 2.45) is 11.1 Å². The van der Waals surface area contributed by atoms with Crippen LogP contribution in [0.3, 0.4) is 0 Å². The first-order valence-electron chi connectivity index (χ1n) is 7.02. The zero-order chi connectivity index (χ0) is 16.4. The highest BCUT2D eigenvalue weighted by Crippen LogP contribution is 2.20. The summed E-state index contributed by atoms with van der Waals surface area (Å²) in [6, 6.07) is 3.09. The van der Waals surface area contributed by atoms with E-state index in [1.165, 1.54) is 6.07 Å². The minimum absolute atomic E-state index is 0.00385. The Bertz CT molecular complexity index is 637. The molecule has 0 heterocycles. The molecule has 0 spiro atoms. The second kappa shape index (κ2) is 6.58. The third-order valence-corrected chi connectivity index (χ3v) is 4.69. The number of rotatable bonds is 5. The fourth-order valence-corrected chi connectivity index (χ4v) is 3.16. The maximum Gasteiger partial charge on any atom is 0.251 e. The van der Waals surface area contributed by atoms with Gasteiger partial charge in [-0.25, -0.2) is 13.6 Å². The molecule has 1 amide bonds. The zero-order valence-corrected chi connectivity index (χ0v) is 14.0. The highest BCUT2D eigenvalue weighted by atomic mass is 32.2. The van der Waals surface area contributed by atoms with E-state index in [1.807, 2.05) is 20.8 Å². The minimum Gasteiger partial charge on any atom is -0.349 e. The molecule has 0 saturated carbocycles. The summed E-state index contributed by atoms with van der Waals surface area (Å²) in [5.74, 6) is 0.0420. The number of hydrogen-bond acceptors (Lipinski definition) is 3. The van der Waals surface area contributed by atoms with Gasteiger partial charge in [0.1, 0.15) is 0 Å². The van der Waals surface area contributed by atoms with Gasteiger partial charge in [0.05, 0.1) is 4.90 Å². The van der Waals surface area contributed by atoms with Gasteiger partial charge in [-0.05, 0) is 43.4 Å². The van der Waals surface area contributed by atoms with Gasteiger partial charge in [0.2, 0.25) is 10.0 Å². The van der Waals surface area contributed by atoms with Gasteiger partial charge >= 0.3 is 0 Å². The zero-order valence-electron chi connectivity index (χ0n) is 13.2. The van der Waals surface area contributed by atoms with E-state index in [0.717, 1.165) is 12.0 Å². The van der Waals surface area contributed by atoms with E-state index in [-0.39, 0.29) is 16.8 Å². The number of nitrogens with two attached hydrogens (primary N) is 1. The van der Waals surface area contributed by atoms with Crippen molar-refractivity contribution in [1.82, 2.24) is 5.32 Å². The van der Waals surface area contributed by atoms with Crippen LogP contribution in [-0.2, 0) is 10.0 Å². The molecule has 0 aromatic heterocycles. The number of benzene rings is 1. The van der Waals surface area contributed by atoms with E-state index < -0.39 is 10.0 Å². The number of nitrogens with one attached hydrogen (secondary N) is 1. The lowest BCUT2D eigenvalue weighted by atomic mass is 10.00. The summed E-state index contributed by atoms with van der Waals surface area (Å²) in [5, 5.41) is 8.14. The Morgan fingerprint density at radius 3 is 2.24 bits per heavy atom. The topological polar surface area (TPSA) is 89.3 Å². The van der Waals surface area contributed by atoms with Gasteiger partial charge < -0.3 is 5.32 Å². The molecule has 1 aromatic carbocycles. The number of amides is 1. The molecular formula is C15H24N2O3S. The van der Waals surface area contributed by atoms with E-state index in [0.29, 0.717) is 17.0 Å². The molecule has 1 rings (SSSR count). The summed E-state index contributed by atoms with van der Waals surface area (Å²) in [6.45, 7) is 9.52. The van der Waals surface area contributed by atoms with Crippen molar-refractivity contribution in [1.29, 1.82) is 0 Å². The quantitative estimate of drug-likeness (QED) is 0.872. The summed E-state index contributed by atoms with van der Waals surface area (Å²) >= 11 is 0. The molecule has 0 fully saturated rings. The average Bonchev–Trinajstić information content (AvgIpc) is 2.33. The van der Waals surface area contributed by atoms with Crippen LogP contribution in [0.2, 0.25) is 0 Å². The fourth-order valence-electron chi connectivity index (χ4n) is 2.37. The predicted molar refractivity (Wildman–Crippen MR) is 83.7 cm³/mol. The molecule has 0 saturated heterocycles. The molecule has 1 unspecified atom stereocenters. The molecule has 0 aliphatic carbocycles. The Labute approximate surface area is 127 Å². The van der Waals surface area contributed by atoms with Crippen molar-refractivity contribution in [3.8, 4) is 0 Å². The molecule has 21 heavy (non-hydrogen) atoms. The van der Waals surface area contributed by atoms with E-state index in [1.54, 1.807) is 19.9 Å². The lowest BCUT2D eigenvalue weighted by molar-refractivity contribution is 0.0924. The van der Waals surface area contributed by atoms with E-state index in [2.05, 4.69) is 5.32 Å². The SMILES string of the molecule is CCC(NC(=O)c1cc(S(N)(=O)=O)c(C)cc1C)C(C)C. The van der Waals surface area contributed by atoms with E-state index >= 15 is 0 Å². The summed E-state index contributed by atoms with van der Waals surface area (Å²) < 4.78 is 23.1. The van der Waals surface area contributed by atoms with Gasteiger partial charge in [-0.3, -0.25) is 4.79 Å². The highest BCUT2D eigenvalue weighted by Gasteiger charge is 2.20. The van der Waals surface area contributed by atoms with Gasteiger partial charge in [0.25, 0.3) is 5.91 Å². The summed E-state index contributed by atoms with van der Waals surface area (Å²) in [7, 11) is -3.84. The van der Waals surface area contributed by atoms with Crippen molar-refractivity contribution in [2.75, 3.05) is 0 Å². The van der Waals surface area contributed by atoms with Crippen LogP contribution in [0, 0.1) is 19.8 Å². The summed E-state index contributed by atoms with van der Waals surface area (Å²) in [6.07, 6.45) is 0.816. The fraction of sp³-hybridized carbons (Fsp3) is 0.533. The molecular weight excluding hydrogens is 288 g/mol. The first kappa shape index (κ1) is 17.7. The van der Waals surface area contributed by atoms with Gasteiger partial charge in [0, 0.05) is 11.6 Å². The lowest BCUT2D eigenvalue weighted by Gasteiger charge is -2.21. The largest absolute Gasteiger partial charge is 0.349 e. The molecule has 6 heteroatoms. The molecule has 1 aromatic rings. The molecule has 118 valence electrons. The third kappa shape index (κ3) is 4.28. The van der Waals surface area contributed by atoms with Crippen LogP contribution >= 0.6 is 0 Å². The third-order valence-electron chi connectivity index (χ3n) is 3.63. The second-order valence-corrected chi connectivity index (χ2v) is 7.24. The lowest BCUT2D eigenvalue weighted by Crippen LogP contribution is -2.38. The molecule has 0 bridgehead atoms. The maximum atomic E-state index is 12.4. The first-order chi connectivity index (χ1) is 9.57. The Morgan fingerprint density at radius 1 is 1.24 bits per heavy atom. The minimum atomic E-state index is -3.84. The number of carbonyl (C=O) groups is 1. The molecule has 0 aliphatic rings. The highest BCUT2D eigenvalue weighted by molar-refractivity contribution is 7.89. The number of hydrogen-bond donors (Lipinski definition) is 2. The molecule has 1 atom stereocenters. The first-order valence-corrected chi connectivity index (χ1v) is 8.57. The average molecular weight is 312 g/mol. The van der Waals surface area contributed by atoms with Crippen molar-refractivity contribution in [3.05, 3.63) is 28.8 Å².